The van der Waals surface area contributed by atoms with Crippen LogP contribution in [-0.4, -0.2) is 22.0 Å². The van der Waals surface area contributed by atoms with Crippen LogP contribution in [0, 0.1) is 25.1 Å². The monoisotopic (exact) mass is 268 g/mol. The van der Waals surface area contributed by atoms with Crippen molar-refractivity contribution < 1.29 is 9.96 Å². The smallest absolute Gasteiger partial charge is 0.240 e. The van der Waals surface area contributed by atoms with Gasteiger partial charge in [-0.15, -0.1) is 4.91 Å². The third-order valence-electron chi connectivity index (χ3n) is 2.48. The first-order valence-electron chi connectivity index (χ1n) is 5.27. The summed E-state index contributed by atoms with van der Waals surface area (Å²) in [6.45, 7) is 2.19. The Bertz CT molecular complexity index is 499. The van der Waals surface area contributed by atoms with Crippen molar-refractivity contribution in [3.05, 3.63) is 49.4 Å². The first-order valence-corrected chi connectivity index (χ1v) is 5.27. The summed E-state index contributed by atoms with van der Waals surface area (Å²) in [5.74, 6) is 0. The molecule has 0 atom stereocenters. The molecule has 1 rings (SSSR count). The summed E-state index contributed by atoms with van der Waals surface area (Å²) < 4.78 is 0. The van der Waals surface area contributed by atoms with Crippen LogP contribution in [-0.2, 0) is 0 Å². The minimum absolute atomic E-state index is 0.126. The van der Waals surface area contributed by atoms with Gasteiger partial charge in [-0.2, -0.15) is 0 Å². The van der Waals surface area contributed by atoms with E-state index >= 15 is 0 Å². The summed E-state index contributed by atoms with van der Waals surface area (Å²) in [5, 5.41) is 24.4. The summed E-state index contributed by atoms with van der Waals surface area (Å²) in [5.41, 5.74) is -1.21. The largest absolute Gasteiger partial charge is 0.264 e. The first kappa shape index (κ1) is 14.5. The molecule has 0 N–H and O–H groups in total. The van der Waals surface area contributed by atoms with Crippen molar-refractivity contribution in [3.8, 4) is 0 Å². The van der Waals surface area contributed by atoms with Crippen molar-refractivity contribution in [3.63, 3.8) is 0 Å². The van der Waals surface area contributed by atoms with E-state index in [0.717, 1.165) is 0 Å². The zero-order chi connectivity index (χ0) is 14.6. The Morgan fingerprint density at radius 1 is 1.21 bits per heavy atom. The molecule has 0 saturated carbocycles. The van der Waals surface area contributed by atoms with Crippen LogP contribution in [0.2, 0.25) is 0 Å². The number of hydrogen-bond acceptors (Lipinski definition) is 6. The maximum absolute atomic E-state index is 11.0. The van der Waals surface area contributed by atoms with Gasteiger partial charge < -0.3 is 0 Å². The molecule has 9 heteroatoms. The Morgan fingerprint density at radius 2 is 1.74 bits per heavy atom. The molecule has 9 nitrogen and oxygen atoms in total. The molecule has 0 fully saturated rings. The van der Waals surface area contributed by atoms with E-state index in [4.69, 9.17) is 0 Å². The van der Waals surface area contributed by atoms with Crippen LogP contribution in [0.15, 0.2) is 29.4 Å². The van der Waals surface area contributed by atoms with Gasteiger partial charge in [-0.05, 0) is 29.4 Å². The van der Waals surface area contributed by atoms with Gasteiger partial charge in [-0.3, -0.25) is 10.1 Å². The van der Waals surface area contributed by atoms with E-state index in [9.17, 15) is 25.1 Å². The van der Waals surface area contributed by atoms with Gasteiger partial charge in [-0.1, -0.05) is 5.01 Å². The van der Waals surface area contributed by atoms with E-state index in [1.807, 2.05) is 0 Å². The fourth-order valence-corrected chi connectivity index (χ4v) is 1.35. The van der Waals surface area contributed by atoms with Gasteiger partial charge in [0.1, 0.15) is 11.4 Å². The Morgan fingerprint density at radius 3 is 2.11 bits per heavy atom. The van der Waals surface area contributed by atoms with Crippen molar-refractivity contribution in [1.82, 2.24) is 0 Å². The van der Waals surface area contributed by atoms with Gasteiger partial charge in [0, 0.05) is 18.8 Å². The SMILES string of the molecule is CC(C)(CN(c1ccc(N=O)cc1)[N+](=O)[O-])[N+](=O)[O-]. The summed E-state index contributed by atoms with van der Waals surface area (Å²) in [4.78, 5) is 31.5. The van der Waals surface area contributed by atoms with Crippen LogP contribution in [0.25, 0.3) is 0 Å². The third-order valence-corrected chi connectivity index (χ3v) is 2.48. The molecule has 0 amide bonds. The second kappa shape index (κ2) is 5.38. The predicted octanol–water partition coefficient (Wildman–Crippen LogP) is 2.14. The molecule has 1 aromatic rings. The number of nitrogens with zero attached hydrogens (tertiary/aromatic N) is 4. The molecule has 0 spiro atoms. The Kier molecular flexibility index (Phi) is 4.10. The standard InChI is InChI=1S/C10H12N4O5/c1-10(2,13(16)17)7-12(14(18)19)9-5-3-8(11-15)4-6-9/h3-6H,7H2,1-2H3. The molecule has 19 heavy (non-hydrogen) atoms. The molecule has 0 bridgehead atoms. The minimum Gasteiger partial charge on any atom is -0.264 e. The number of anilines is 1. The number of hydrazine groups is 1. The molecule has 0 aliphatic heterocycles. The summed E-state index contributed by atoms with van der Waals surface area (Å²) in [6.07, 6.45) is 0. The van der Waals surface area contributed by atoms with Crippen LogP contribution in [0.3, 0.4) is 0 Å². The zero-order valence-corrected chi connectivity index (χ0v) is 10.3. The molecule has 0 aromatic heterocycles. The number of benzene rings is 1. The normalized spacial score (nSPS) is 10.8. The summed E-state index contributed by atoms with van der Waals surface area (Å²) >= 11 is 0. The Balaban J connectivity index is 3.03. The zero-order valence-electron chi connectivity index (χ0n) is 10.3. The van der Waals surface area contributed by atoms with Crippen molar-refractivity contribution in [2.45, 2.75) is 19.4 Å². The first-order chi connectivity index (χ1) is 8.77. The average molecular weight is 268 g/mol. The highest BCUT2D eigenvalue weighted by atomic mass is 16.7. The molecule has 0 saturated heterocycles. The van der Waals surface area contributed by atoms with E-state index in [1.165, 1.54) is 38.1 Å². The lowest BCUT2D eigenvalue weighted by Crippen LogP contribution is -2.46. The van der Waals surface area contributed by atoms with Crippen molar-refractivity contribution in [1.29, 1.82) is 0 Å². The van der Waals surface area contributed by atoms with E-state index in [1.54, 1.807) is 0 Å². The van der Waals surface area contributed by atoms with Crippen molar-refractivity contribution in [2.75, 3.05) is 11.6 Å². The van der Waals surface area contributed by atoms with Crippen LogP contribution >= 0.6 is 0 Å². The third kappa shape index (κ3) is 3.44. The predicted molar refractivity (Wildman–Crippen MR) is 67.3 cm³/mol. The molecule has 102 valence electrons. The van der Waals surface area contributed by atoms with Gasteiger partial charge in [-0.25, -0.2) is 10.1 Å². The lowest BCUT2D eigenvalue weighted by Gasteiger charge is -2.20. The molecule has 1 aromatic carbocycles. The number of nitro groups is 2. The lowest BCUT2D eigenvalue weighted by atomic mass is 10.1. The van der Waals surface area contributed by atoms with E-state index < -0.39 is 22.0 Å². The van der Waals surface area contributed by atoms with Gasteiger partial charge >= 0.3 is 0 Å². The number of rotatable bonds is 6. The molecule has 0 aliphatic rings. The Labute approximate surface area is 108 Å². The Hall–Kier alpha value is -2.58. The van der Waals surface area contributed by atoms with Gasteiger partial charge in [0.05, 0.1) is 0 Å². The van der Waals surface area contributed by atoms with E-state index in [2.05, 4.69) is 5.18 Å². The quantitative estimate of drug-likeness (QED) is 0.443. The molecule has 0 aliphatic carbocycles. The molecule has 0 unspecified atom stereocenters. The minimum atomic E-state index is -1.48. The number of nitroso groups, excluding NO2 is 1. The van der Waals surface area contributed by atoms with Gasteiger partial charge in [0.25, 0.3) is 0 Å². The maximum Gasteiger partial charge on any atom is 0.240 e. The van der Waals surface area contributed by atoms with Crippen molar-refractivity contribution in [2.24, 2.45) is 5.18 Å². The second-order valence-electron chi connectivity index (χ2n) is 4.47. The van der Waals surface area contributed by atoms with Crippen molar-refractivity contribution >= 4 is 11.4 Å². The highest BCUT2D eigenvalue weighted by Crippen LogP contribution is 2.22. The molecular formula is C10H12N4O5. The summed E-state index contributed by atoms with van der Waals surface area (Å²) in [6, 6.07) is 5.24. The summed E-state index contributed by atoms with van der Waals surface area (Å²) in [7, 11) is 0. The van der Waals surface area contributed by atoms with Crippen LogP contribution in [0.1, 0.15) is 13.8 Å². The second-order valence-corrected chi connectivity index (χ2v) is 4.47. The fourth-order valence-electron chi connectivity index (χ4n) is 1.35. The van der Waals surface area contributed by atoms with Gasteiger partial charge in [0.2, 0.25) is 5.54 Å². The fraction of sp³-hybridized carbons (Fsp3) is 0.400. The molecule has 0 radical (unpaired) electrons. The van der Waals surface area contributed by atoms with Crippen LogP contribution in [0.5, 0.6) is 0 Å². The van der Waals surface area contributed by atoms with Crippen LogP contribution in [0.4, 0.5) is 11.4 Å². The highest BCUT2D eigenvalue weighted by molar-refractivity contribution is 5.51. The maximum atomic E-state index is 11.0. The van der Waals surface area contributed by atoms with E-state index in [-0.39, 0.29) is 11.4 Å². The molecule has 0 heterocycles. The molecular weight excluding hydrogens is 256 g/mol. The lowest BCUT2D eigenvalue weighted by molar-refractivity contribution is -0.572. The van der Waals surface area contributed by atoms with Crippen LogP contribution < -0.4 is 5.01 Å². The highest BCUT2D eigenvalue weighted by Gasteiger charge is 2.38. The van der Waals surface area contributed by atoms with E-state index in [0.29, 0.717) is 5.01 Å². The topological polar surface area (TPSA) is 119 Å². The average Bonchev–Trinajstić information content (AvgIpc) is 2.35. The van der Waals surface area contributed by atoms with Gasteiger partial charge in [0.15, 0.2) is 11.6 Å². The number of hydrogen-bond donors (Lipinski definition) is 0.